The van der Waals surface area contributed by atoms with Crippen LogP contribution in [0, 0.1) is 0 Å². The van der Waals surface area contributed by atoms with E-state index in [0.29, 0.717) is 0 Å². The maximum absolute atomic E-state index is 12.7. The van der Waals surface area contributed by atoms with Gasteiger partial charge in [-0.3, -0.25) is 0 Å². The zero-order valence-electron chi connectivity index (χ0n) is 39.3. The first-order valence-corrected chi connectivity index (χ1v) is 30.0. The van der Waals surface area contributed by atoms with Crippen LogP contribution in [0.25, 0.3) is 12.2 Å². The van der Waals surface area contributed by atoms with Crippen LogP contribution in [0.4, 0.5) is 69.8 Å². The van der Waals surface area contributed by atoms with Gasteiger partial charge in [0, 0.05) is 34.1 Å². The molecule has 0 aliphatic rings. The van der Waals surface area contributed by atoms with Crippen molar-refractivity contribution in [1.82, 2.24) is 29.9 Å². The monoisotopic (exact) mass is 1210 g/mol. The molecule has 0 amide bonds. The van der Waals surface area contributed by atoms with Crippen LogP contribution in [0.5, 0.6) is 0 Å². The molecule has 8 aromatic rings. The summed E-state index contributed by atoms with van der Waals surface area (Å²) in [5, 5.41) is 16.5. The zero-order valence-corrected chi connectivity index (χ0v) is 44.2. The summed E-state index contributed by atoms with van der Waals surface area (Å²) in [5.41, 5.74) is -0.264. The van der Waals surface area contributed by atoms with Crippen LogP contribution in [0.15, 0.2) is 163 Å². The Labute approximate surface area is 453 Å². The highest BCUT2D eigenvalue weighted by Crippen LogP contribution is 2.30. The summed E-state index contributed by atoms with van der Waals surface area (Å²) in [4.78, 5) is 21.3. The van der Waals surface area contributed by atoms with Gasteiger partial charge in [-0.15, -0.1) is 0 Å². The molecule has 6 N–H and O–H groups in total. The van der Waals surface area contributed by atoms with Gasteiger partial charge >= 0.3 is 0 Å². The number of hydrogen-bond donors (Lipinski definition) is 6. The van der Waals surface area contributed by atoms with Crippen molar-refractivity contribution in [2.75, 3.05) is 31.9 Å². The molecule has 8 rings (SSSR count). The van der Waals surface area contributed by atoms with E-state index < -0.39 is 90.1 Å². The van der Waals surface area contributed by atoms with Gasteiger partial charge in [0.2, 0.25) is 35.7 Å². The molecule has 0 unspecified atom stereocenters. The lowest BCUT2D eigenvalue weighted by molar-refractivity contribution is 0.460. The first-order valence-electron chi connectivity index (χ1n) is 21.6. The molecular weight excluding hydrogens is 1180 g/mol. The summed E-state index contributed by atoms with van der Waals surface area (Å²) in [6.45, 7) is 0. The molecule has 0 bridgehead atoms. The average Bonchev–Trinajstić information content (AvgIpc) is 3.36. The third-order valence-electron chi connectivity index (χ3n) is 10.4. The van der Waals surface area contributed by atoms with Crippen molar-refractivity contribution in [3.8, 4) is 0 Å². The van der Waals surface area contributed by atoms with Gasteiger partial charge in [0.25, 0.3) is 0 Å². The molecule has 0 saturated carbocycles. The van der Waals surface area contributed by atoms with E-state index in [4.69, 9.17) is 0 Å². The van der Waals surface area contributed by atoms with Crippen LogP contribution >= 0.6 is 0 Å². The van der Waals surface area contributed by atoms with E-state index in [-0.39, 0.29) is 80.9 Å². The van der Waals surface area contributed by atoms with Gasteiger partial charge in [-0.25, -0.2) is 50.5 Å². The van der Waals surface area contributed by atoms with Gasteiger partial charge in [0.1, 0.15) is 60.7 Å². The first kappa shape index (κ1) is 57.5. The fourth-order valence-corrected chi connectivity index (χ4v) is 10.1. The van der Waals surface area contributed by atoms with Gasteiger partial charge in [0.05, 0.1) is 29.4 Å². The molecule has 2 heterocycles. The van der Waals surface area contributed by atoms with Crippen molar-refractivity contribution in [2.24, 2.45) is 0 Å². The topological polar surface area (TPSA) is 493 Å². The Kier molecular flexibility index (Phi) is 16.0. The molecule has 6 aromatic carbocycles. The van der Waals surface area contributed by atoms with Crippen LogP contribution in [-0.2, 0) is 60.7 Å². The third-order valence-corrected chi connectivity index (χ3v) is 15.6. The maximum atomic E-state index is 12.7. The minimum Gasteiger partial charge on any atom is -0.744 e. The predicted molar refractivity (Wildman–Crippen MR) is 275 cm³/mol. The number of anilines is 12. The molecule has 80 heavy (non-hydrogen) atoms. The van der Waals surface area contributed by atoms with Crippen LogP contribution in [0.1, 0.15) is 11.1 Å². The Morgan fingerprint density at radius 1 is 0.263 bits per heavy atom. The largest absolute Gasteiger partial charge is 0.744 e. The fourth-order valence-electron chi connectivity index (χ4n) is 6.79. The van der Waals surface area contributed by atoms with E-state index in [0.717, 1.165) is 84.9 Å². The Morgan fingerprint density at radius 2 is 0.450 bits per heavy atom. The Balaban J connectivity index is 1.08. The minimum atomic E-state index is -5.36. The van der Waals surface area contributed by atoms with Gasteiger partial charge in [-0.2, -0.15) is 29.9 Å². The molecular formula is C44H30N12O18S6-6. The quantitative estimate of drug-likeness (QED) is 0.0462. The molecule has 0 spiro atoms. The van der Waals surface area contributed by atoms with Crippen molar-refractivity contribution in [3.05, 3.63) is 145 Å². The Morgan fingerprint density at radius 3 is 0.637 bits per heavy atom. The number of aromatic nitrogens is 6. The molecule has 36 heteroatoms. The number of rotatable bonds is 20. The summed E-state index contributed by atoms with van der Waals surface area (Å²) in [5.74, 6) is -1.72. The van der Waals surface area contributed by atoms with Crippen molar-refractivity contribution in [1.29, 1.82) is 0 Å². The van der Waals surface area contributed by atoms with E-state index in [1.165, 1.54) is 60.7 Å². The lowest BCUT2D eigenvalue weighted by Gasteiger charge is -2.16. The van der Waals surface area contributed by atoms with E-state index >= 15 is 0 Å². The molecule has 2 aromatic heterocycles. The molecule has 0 atom stereocenters. The summed E-state index contributed by atoms with van der Waals surface area (Å²) in [6.07, 6.45) is 2.04. The highest BCUT2D eigenvalue weighted by molar-refractivity contribution is 7.87. The number of benzene rings is 6. The van der Waals surface area contributed by atoms with Crippen LogP contribution < -0.4 is 31.9 Å². The second-order valence-electron chi connectivity index (χ2n) is 16.0. The van der Waals surface area contributed by atoms with Crippen LogP contribution in [-0.4, -0.2) is 108 Å². The molecule has 416 valence electrons. The maximum Gasteiger partial charge on any atom is 0.233 e. The number of nitrogens with zero attached hydrogens (tertiary/aromatic N) is 6. The summed E-state index contributed by atoms with van der Waals surface area (Å²) in [7, 11) is -30.0. The van der Waals surface area contributed by atoms with Crippen LogP contribution in [0.2, 0.25) is 0 Å². The predicted octanol–water partition coefficient (Wildman–Crippen LogP) is 4.11. The van der Waals surface area contributed by atoms with Crippen molar-refractivity contribution >= 4 is 143 Å². The molecule has 0 fully saturated rings. The number of hydrogen-bond acceptors (Lipinski definition) is 30. The molecule has 0 saturated heterocycles. The van der Waals surface area contributed by atoms with Gasteiger partial charge in [0.15, 0.2) is 0 Å². The molecule has 0 aliphatic carbocycles. The highest BCUT2D eigenvalue weighted by Gasteiger charge is 2.17. The minimum absolute atomic E-state index is 0.136. The van der Waals surface area contributed by atoms with Gasteiger partial charge in [-0.05, 0) is 132 Å². The lowest BCUT2D eigenvalue weighted by atomic mass is 10.1. The summed E-state index contributed by atoms with van der Waals surface area (Å²) in [6, 6.07) is 24.2. The smallest absolute Gasteiger partial charge is 0.233 e. The molecule has 0 aliphatic heterocycles. The summed E-state index contributed by atoms with van der Waals surface area (Å²) < 4.78 is 214. The Bertz CT molecular complexity index is 3980. The Hall–Kier alpha value is -8.66. The summed E-state index contributed by atoms with van der Waals surface area (Å²) >= 11 is 0. The van der Waals surface area contributed by atoms with E-state index in [2.05, 4.69) is 61.8 Å². The van der Waals surface area contributed by atoms with Crippen molar-refractivity contribution < 1.29 is 77.8 Å². The normalized spacial score (nSPS) is 12.4. The van der Waals surface area contributed by atoms with Crippen molar-refractivity contribution in [2.45, 2.75) is 29.4 Å². The van der Waals surface area contributed by atoms with E-state index in [1.807, 2.05) is 0 Å². The fraction of sp³-hybridized carbons (Fsp3) is 0. The van der Waals surface area contributed by atoms with Crippen LogP contribution in [0.3, 0.4) is 0 Å². The zero-order chi connectivity index (χ0) is 58.0. The first-order chi connectivity index (χ1) is 37.3. The lowest BCUT2D eigenvalue weighted by Crippen LogP contribution is -2.09. The molecule has 0 radical (unpaired) electrons. The second kappa shape index (κ2) is 22.2. The van der Waals surface area contributed by atoms with Gasteiger partial charge in [-0.1, -0.05) is 24.3 Å². The second-order valence-corrected chi connectivity index (χ2v) is 24.2. The van der Waals surface area contributed by atoms with E-state index in [9.17, 15) is 77.8 Å². The average molecular weight is 1210 g/mol. The third kappa shape index (κ3) is 15.1. The van der Waals surface area contributed by atoms with Crippen molar-refractivity contribution in [3.63, 3.8) is 0 Å². The standard InChI is InChI=1S/C44H36N12O18S6/c57-75(58,59)33-15-7-27(8-16-33)45-39-51-40(46-28-9-17-34(18-10-28)76(60,61)62)54-43(53-39)49-31-5-3-25(37(23-31)79(69,70)71)1-2-26-4-6-32(24-38(26)80(72,73)74)50-44-55-41(47-29-11-19-35(20-12-29)77(63,64)65)52-42(56-44)48-30-13-21-36(22-14-30)78(66,67)68/h1-24H,(H,57,58,59)(H,60,61,62)(H,63,64,65)(H,66,67,68)(H,69,70,71)(H,72,73,74)(H3,45,46,49,51,53,54)(H3,47,48,50,52,55,56)/p-6/b2-1+. The van der Waals surface area contributed by atoms with E-state index in [1.54, 1.807) is 0 Å². The highest BCUT2D eigenvalue weighted by atomic mass is 32.2. The van der Waals surface area contributed by atoms with Gasteiger partial charge < -0.3 is 59.2 Å². The number of nitrogens with one attached hydrogen (secondary N) is 6. The molecule has 30 nitrogen and oxygen atoms in total. The SMILES string of the molecule is O=S(=O)([O-])c1ccc(Nc2nc(Nc3ccc(S(=O)(=O)[O-])cc3)nc(Nc3ccc(/C=C/c4ccc(Nc5nc(Nc6ccc(S(=O)(=O)[O-])cc6)nc(Nc6ccc(S(=O)(=O)[O-])cc6)n5)cc4S(=O)(=O)[O-])c(S(=O)(=O)[O-])c3)n2)cc1.